The zero-order valence-electron chi connectivity index (χ0n) is 16.2. The van der Waals surface area contributed by atoms with Crippen molar-refractivity contribution in [1.29, 1.82) is 0 Å². The van der Waals surface area contributed by atoms with Gasteiger partial charge in [0.05, 0.1) is 27.8 Å². The minimum Gasteiger partial charge on any atom is -0.497 e. The second kappa shape index (κ2) is 8.80. The van der Waals surface area contributed by atoms with Crippen molar-refractivity contribution in [2.24, 2.45) is 0 Å². The van der Waals surface area contributed by atoms with Gasteiger partial charge >= 0.3 is 0 Å². The highest BCUT2D eigenvalue weighted by Crippen LogP contribution is 2.37. The largest absolute Gasteiger partial charge is 0.497 e. The summed E-state index contributed by atoms with van der Waals surface area (Å²) in [6.45, 7) is 0.683. The van der Waals surface area contributed by atoms with E-state index in [-0.39, 0.29) is 5.91 Å². The second-order valence-corrected chi connectivity index (χ2v) is 6.81. The Kier molecular flexibility index (Phi) is 6.22. The van der Waals surface area contributed by atoms with Crippen LogP contribution in [0, 0.1) is 0 Å². The van der Waals surface area contributed by atoms with E-state index in [1.54, 1.807) is 21.3 Å². The van der Waals surface area contributed by atoms with Crippen LogP contribution in [0.1, 0.15) is 35.4 Å². The molecule has 0 heterocycles. The molecule has 0 saturated carbocycles. The SMILES string of the molecule is COc1ccc2c(c1)CCC2CCNC(=O)Cc1ccc(OC)c(OC)c1. The fraction of sp³-hybridized carbons (Fsp3) is 0.409. The molecule has 3 rings (SSSR count). The molecule has 5 heteroatoms. The lowest BCUT2D eigenvalue weighted by atomic mass is 9.98. The number of ether oxygens (including phenoxy) is 3. The quantitative estimate of drug-likeness (QED) is 0.774. The number of nitrogens with one attached hydrogen (secondary N) is 1. The Hall–Kier alpha value is -2.69. The molecule has 1 aliphatic rings. The first-order valence-corrected chi connectivity index (χ1v) is 9.29. The van der Waals surface area contributed by atoms with Crippen molar-refractivity contribution in [2.75, 3.05) is 27.9 Å². The number of methoxy groups -OCH3 is 3. The lowest BCUT2D eigenvalue weighted by molar-refractivity contribution is -0.120. The molecule has 2 aromatic rings. The maximum Gasteiger partial charge on any atom is 0.224 e. The Labute approximate surface area is 160 Å². The third-order valence-electron chi connectivity index (χ3n) is 5.18. The average Bonchev–Trinajstić information content (AvgIpc) is 3.10. The van der Waals surface area contributed by atoms with Gasteiger partial charge < -0.3 is 19.5 Å². The fourth-order valence-corrected chi connectivity index (χ4v) is 3.73. The van der Waals surface area contributed by atoms with Crippen LogP contribution in [0.2, 0.25) is 0 Å². The third kappa shape index (κ3) is 4.54. The summed E-state index contributed by atoms with van der Waals surface area (Å²) in [6.07, 6.45) is 3.50. The van der Waals surface area contributed by atoms with E-state index < -0.39 is 0 Å². The summed E-state index contributed by atoms with van der Waals surface area (Å²) in [7, 11) is 4.89. The molecule has 0 aromatic heterocycles. The first-order valence-electron chi connectivity index (χ1n) is 9.29. The van der Waals surface area contributed by atoms with Gasteiger partial charge in [-0.15, -0.1) is 0 Å². The maximum absolute atomic E-state index is 12.3. The lowest BCUT2D eigenvalue weighted by Gasteiger charge is -2.13. The van der Waals surface area contributed by atoms with Gasteiger partial charge in [0, 0.05) is 6.54 Å². The number of hydrogen-bond donors (Lipinski definition) is 1. The van der Waals surface area contributed by atoms with Gasteiger partial charge in [-0.1, -0.05) is 12.1 Å². The van der Waals surface area contributed by atoms with Crippen LogP contribution in [0.25, 0.3) is 0 Å². The van der Waals surface area contributed by atoms with Crippen LogP contribution in [-0.2, 0) is 17.6 Å². The molecule has 1 unspecified atom stereocenters. The Morgan fingerprint density at radius 1 is 1.04 bits per heavy atom. The summed E-state index contributed by atoms with van der Waals surface area (Å²) >= 11 is 0. The molecular formula is C22H27NO4. The molecule has 1 N–H and O–H groups in total. The van der Waals surface area contributed by atoms with Gasteiger partial charge in [0.15, 0.2) is 11.5 Å². The molecule has 0 fully saturated rings. The van der Waals surface area contributed by atoms with Gasteiger partial charge in [0.2, 0.25) is 5.91 Å². The highest BCUT2D eigenvalue weighted by molar-refractivity contribution is 5.78. The monoisotopic (exact) mass is 369 g/mol. The number of amides is 1. The van der Waals surface area contributed by atoms with Gasteiger partial charge in [-0.05, 0) is 66.1 Å². The summed E-state index contributed by atoms with van der Waals surface area (Å²) in [5.74, 6) is 2.75. The van der Waals surface area contributed by atoms with Crippen LogP contribution in [-0.4, -0.2) is 33.8 Å². The molecular weight excluding hydrogens is 342 g/mol. The first kappa shape index (κ1) is 19.1. The highest BCUT2D eigenvalue weighted by atomic mass is 16.5. The summed E-state index contributed by atoms with van der Waals surface area (Å²) in [5.41, 5.74) is 3.67. The van der Waals surface area contributed by atoms with E-state index in [9.17, 15) is 4.79 Å². The summed E-state index contributed by atoms with van der Waals surface area (Å²) in [5, 5.41) is 3.04. The van der Waals surface area contributed by atoms with Gasteiger partial charge in [-0.3, -0.25) is 4.79 Å². The van der Waals surface area contributed by atoms with Crippen molar-refractivity contribution in [3.8, 4) is 17.2 Å². The van der Waals surface area contributed by atoms with Gasteiger partial charge in [0.1, 0.15) is 5.75 Å². The van der Waals surface area contributed by atoms with Crippen LogP contribution < -0.4 is 19.5 Å². The van der Waals surface area contributed by atoms with Crippen molar-refractivity contribution in [1.82, 2.24) is 5.32 Å². The van der Waals surface area contributed by atoms with Crippen LogP contribution >= 0.6 is 0 Å². The molecule has 0 radical (unpaired) electrons. The number of benzene rings is 2. The molecule has 2 aromatic carbocycles. The van der Waals surface area contributed by atoms with E-state index in [1.807, 2.05) is 24.3 Å². The normalized spacial score (nSPS) is 15.1. The van der Waals surface area contributed by atoms with E-state index in [0.717, 1.165) is 30.6 Å². The van der Waals surface area contributed by atoms with Gasteiger partial charge in [0.25, 0.3) is 0 Å². The van der Waals surface area contributed by atoms with Gasteiger partial charge in [-0.2, -0.15) is 0 Å². The van der Waals surface area contributed by atoms with E-state index in [2.05, 4.69) is 17.4 Å². The summed E-state index contributed by atoms with van der Waals surface area (Å²) in [4.78, 5) is 12.3. The molecule has 1 atom stereocenters. The molecule has 0 bridgehead atoms. The Morgan fingerprint density at radius 3 is 2.59 bits per heavy atom. The number of rotatable bonds is 8. The smallest absolute Gasteiger partial charge is 0.224 e. The van der Waals surface area contributed by atoms with Gasteiger partial charge in [-0.25, -0.2) is 0 Å². The highest BCUT2D eigenvalue weighted by Gasteiger charge is 2.22. The van der Waals surface area contributed by atoms with Crippen molar-refractivity contribution >= 4 is 5.91 Å². The third-order valence-corrected chi connectivity index (χ3v) is 5.18. The number of hydrogen-bond acceptors (Lipinski definition) is 4. The van der Waals surface area contributed by atoms with E-state index in [4.69, 9.17) is 14.2 Å². The molecule has 1 aliphatic carbocycles. The second-order valence-electron chi connectivity index (χ2n) is 6.81. The predicted octanol–water partition coefficient (Wildman–Crippen LogP) is 3.49. The number of carbonyl (C=O) groups excluding carboxylic acids is 1. The number of fused-ring (bicyclic) bond motifs is 1. The summed E-state index contributed by atoms with van der Waals surface area (Å²) < 4.78 is 15.8. The molecule has 5 nitrogen and oxygen atoms in total. The Morgan fingerprint density at radius 2 is 1.85 bits per heavy atom. The minimum absolute atomic E-state index is 0.0233. The molecule has 144 valence electrons. The van der Waals surface area contributed by atoms with Crippen LogP contribution in [0.5, 0.6) is 17.2 Å². The van der Waals surface area contributed by atoms with Crippen LogP contribution in [0.4, 0.5) is 0 Å². The molecule has 0 saturated heterocycles. The standard InChI is InChI=1S/C22H27NO4/c1-25-18-7-8-19-16(5-6-17(19)14-18)10-11-23-22(24)13-15-4-9-20(26-2)21(12-15)27-3/h4,7-9,12,14,16H,5-6,10-11,13H2,1-3H3,(H,23,24). The van der Waals surface area contributed by atoms with Crippen LogP contribution in [0.3, 0.4) is 0 Å². The Bertz CT molecular complexity index is 803. The topological polar surface area (TPSA) is 56.8 Å². The Balaban J connectivity index is 1.50. The maximum atomic E-state index is 12.3. The molecule has 1 amide bonds. The average molecular weight is 369 g/mol. The van der Waals surface area contributed by atoms with Crippen molar-refractivity contribution in [3.05, 3.63) is 53.1 Å². The number of aryl methyl sites for hydroxylation is 1. The molecule has 0 spiro atoms. The fourth-order valence-electron chi connectivity index (χ4n) is 3.73. The van der Waals surface area contributed by atoms with Crippen LogP contribution in [0.15, 0.2) is 36.4 Å². The number of carbonyl (C=O) groups is 1. The van der Waals surface area contributed by atoms with E-state index >= 15 is 0 Å². The van der Waals surface area contributed by atoms with Crippen molar-refractivity contribution in [3.63, 3.8) is 0 Å². The summed E-state index contributed by atoms with van der Waals surface area (Å²) in [6, 6.07) is 11.9. The van der Waals surface area contributed by atoms with Crippen molar-refractivity contribution < 1.29 is 19.0 Å². The predicted molar refractivity (Wildman–Crippen MR) is 105 cm³/mol. The zero-order chi connectivity index (χ0) is 19.2. The lowest BCUT2D eigenvalue weighted by Crippen LogP contribution is -2.27. The van der Waals surface area contributed by atoms with E-state index in [0.29, 0.717) is 30.4 Å². The van der Waals surface area contributed by atoms with E-state index in [1.165, 1.54) is 11.1 Å². The molecule has 27 heavy (non-hydrogen) atoms. The molecule has 0 aliphatic heterocycles. The first-order chi connectivity index (χ1) is 13.1. The van der Waals surface area contributed by atoms with Crippen molar-refractivity contribution in [2.45, 2.75) is 31.6 Å². The minimum atomic E-state index is 0.0233. The zero-order valence-corrected chi connectivity index (χ0v) is 16.2.